The third-order valence-corrected chi connectivity index (χ3v) is 6.97. The van der Waals surface area contributed by atoms with E-state index >= 15 is 0 Å². The largest absolute Gasteiger partial charge is 0.480 e. The molecule has 1 saturated carbocycles. The highest BCUT2D eigenvalue weighted by Gasteiger charge is 2.50. The lowest BCUT2D eigenvalue weighted by Crippen LogP contribution is -2.42. The predicted octanol–water partition coefficient (Wildman–Crippen LogP) is 6.47. The van der Waals surface area contributed by atoms with Crippen molar-refractivity contribution >= 4 is 18.1 Å². The Hall–Kier alpha value is -3.95. The third kappa shape index (κ3) is 5.32. The summed E-state index contributed by atoms with van der Waals surface area (Å²) in [5, 5.41) is 0. The minimum atomic E-state index is -4.49. The molecule has 1 fully saturated rings. The molecule has 3 heterocycles. The highest BCUT2D eigenvalue weighted by Crippen LogP contribution is 2.48. The van der Waals surface area contributed by atoms with Crippen molar-refractivity contribution in [1.29, 1.82) is 0 Å². The van der Waals surface area contributed by atoms with Crippen LogP contribution in [0.3, 0.4) is 0 Å². The average molecular weight is 537 g/mol. The van der Waals surface area contributed by atoms with Crippen LogP contribution in [0.5, 0.6) is 5.75 Å². The molecule has 0 radical (unpaired) electrons. The van der Waals surface area contributed by atoms with Gasteiger partial charge in [-0.05, 0) is 38.0 Å². The van der Waals surface area contributed by atoms with Gasteiger partial charge in [-0.2, -0.15) is 13.2 Å². The van der Waals surface area contributed by atoms with Gasteiger partial charge in [0.1, 0.15) is 11.4 Å². The molecule has 0 saturated heterocycles. The Bertz CT molecular complexity index is 1450. The molecule has 0 N–H and O–H groups in total. The molecule has 1 aliphatic carbocycles. The summed E-state index contributed by atoms with van der Waals surface area (Å²) in [5.41, 5.74) is 2.10. The number of benzene rings is 1. The normalized spacial score (nSPS) is 16.9. The van der Waals surface area contributed by atoms with Crippen molar-refractivity contribution in [2.45, 2.75) is 51.9 Å². The quantitative estimate of drug-likeness (QED) is 0.256. The SMILES string of the molecule is C=N/C(=C(\C=C/C)c1ncc2c(n1)N(Cc1ccc(-c3nc(C(F)(F)F)cn3C)cc1)CC1(CC1)O2)C(C)C. The van der Waals surface area contributed by atoms with E-state index in [2.05, 4.69) is 40.4 Å². The molecule has 39 heavy (non-hydrogen) atoms. The van der Waals surface area contributed by atoms with Gasteiger partial charge in [0.05, 0.1) is 18.4 Å². The summed E-state index contributed by atoms with van der Waals surface area (Å²) in [6.45, 7) is 11.0. The molecule has 0 bridgehead atoms. The predicted molar refractivity (Wildman–Crippen MR) is 145 cm³/mol. The summed E-state index contributed by atoms with van der Waals surface area (Å²) in [6.07, 6.45) is 4.06. The van der Waals surface area contributed by atoms with E-state index in [0.29, 0.717) is 36.0 Å². The minimum Gasteiger partial charge on any atom is -0.480 e. The van der Waals surface area contributed by atoms with Crippen molar-refractivity contribution < 1.29 is 17.9 Å². The number of aliphatic imine (C=N–C) groups is 1. The number of halogens is 3. The number of fused-ring (bicyclic) bond motifs is 1. The zero-order chi connectivity index (χ0) is 27.9. The maximum Gasteiger partial charge on any atom is 0.434 e. The Morgan fingerprint density at radius 2 is 1.92 bits per heavy atom. The molecule has 1 spiro atoms. The maximum atomic E-state index is 13.1. The van der Waals surface area contributed by atoms with Crippen LogP contribution in [0.1, 0.15) is 50.7 Å². The van der Waals surface area contributed by atoms with Gasteiger partial charge >= 0.3 is 6.18 Å². The Kier molecular flexibility index (Phi) is 6.82. The van der Waals surface area contributed by atoms with Crippen molar-refractivity contribution in [3.8, 4) is 17.1 Å². The second-order valence-electron chi connectivity index (χ2n) is 10.4. The lowest BCUT2D eigenvalue weighted by molar-refractivity contribution is -0.140. The third-order valence-electron chi connectivity index (χ3n) is 6.97. The van der Waals surface area contributed by atoms with Gasteiger partial charge in [0.15, 0.2) is 23.1 Å². The molecule has 1 aromatic carbocycles. The van der Waals surface area contributed by atoms with E-state index in [1.54, 1.807) is 25.4 Å². The molecule has 10 heteroatoms. The van der Waals surface area contributed by atoms with E-state index in [4.69, 9.17) is 9.72 Å². The lowest BCUT2D eigenvalue weighted by Gasteiger charge is -2.35. The molecule has 5 rings (SSSR count). The number of allylic oxidation sites excluding steroid dienone is 4. The van der Waals surface area contributed by atoms with Gasteiger partial charge in [-0.15, -0.1) is 0 Å². The van der Waals surface area contributed by atoms with E-state index in [-0.39, 0.29) is 17.3 Å². The molecular formula is C29H31F3N6O. The number of aryl methyl sites for hydroxylation is 1. The van der Waals surface area contributed by atoms with Crippen LogP contribution < -0.4 is 9.64 Å². The Morgan fingerprint density at radius 1 is 1.21 bits per heavy atom. The number of ether oxygens (including phenoxy) is 1. The van der Waals surface area contributed by atoms with E-state index in [1.165, 1.54) is 4.57 Å². The minimum absolute atomic E-state index is 0.139. The second-order valence-corrected chi connectivity index (χ2v) is 10.4. The molecule has 1 aliphatic heterocycles. The first kappa shape index (κ1) is 26.6. The number of rotatable bonds is 7. The summed E-state index contributed by atoms with van der Waals surface area (Å²) in [7, 11) is 1.56. The van der Waals surface area contributed by atoms with Gasteiger partial charge in [-0.1, -0.05) is 50.3 Å². The van der Waals surface area contributed by atoms with Crippen molar-refractivity contribution in [2.75, 3.05) is 11.4 Å². The topological polar surface area (TPSA) is 68.4 Å². The molecule has 0 unspecified atom stereocenters. The molecular weight excluding hydrogens is 505 g/mol. The van der Waals surface area contributed by atoms with Crippen LogP contribution in [-0.4, -0.2) is 38.4 Å². The fraction of sp³-hybridized carbons (Fsp3) is 0.379. The number of alkyl halides is 3. The van der Waals surface area contributed by atoms with Gasteiger partial charge in [0, 0.05) is 30.9 Å². The molecule has 7 nitrogen and oxygen atoms in total. The van der Waals surface area contributed by atoms with E-state index in [0.717, 1.165) is 35.9 Å². The summed E-state index contributed by atoms with van der Waals surface area (Å²) in [5.74, 6) is 2.30. The van der Waals surface area contributed by atoms with Crippen LogP contribution >= 0.6 is 0 Å². The van der Waals surface area contributed by atoms with Gasteiger partial charge in [-0.25, -0.2) is 15.0 Å². The number of hydrogen-bond donors (Lipinski definition) is 0. The van der Waals surface area contributed by atoms with Gasteiger partial charge in [0.25, 0.3) is 0 Å². The standard InChI is InChI=1S/C29H31F3N6O/c1-6-7-21(24(33-4)18(2)3)25-34-14-22-27(36-25)38(17-28(39-22)12-13-28)15-19-8-10-20(11-9-19)26-35-23(16-37(26)5)29(30,31)32/h6-11,14,16,18H,4,12-13,15,17H2,1-3,5H3/b7-6-,24-21+. The summed E-state index contributed by atoms with van der Waals surface area (Å²) < 4.78 is 47.1. The fourth-order valence-electron chi connectivity index (χ4n) is 4.88. The van der Waals surface area contributed by atoms with Crippen LogP contribution in [0.15, 0.2) is 59.5 Å². The smallest absolute Gasteiger partial charge is 0.434 e. The van der Waals surface area contributed by atoms with Crippen LogP contribution in [0.25, 0.3) is 17.0 Å². The van der Waals surface area contributed by atoms with Gasteiger partial charge < -0.3 is 14.2 Å². The molecule has 2 aliphatic rings. The maximum absolute atomic E-state index is 13.1. The first-order chi connectivity index (χ1) is 18.5. The Labute approximate surface area is 225 Å². The van der Waals surface area contributed by atoms with Crippen LogP contribution in [-0.2, 0) is 19.8 Å². The van der Waals surface area contributed by atoms with E-state index in [9.17, 15) is 13.2 Å². The first-order valence-electron chi connectivity index (χ1n) is 12.9. The van der Waals surface area contributed by atoms with Gasteiger partial charge in [0.2, 0.25) is 0 Å². The van der Waals surface area contributed by atoms with E-state index in [1.807, 2.05) is 31.2 Å². The van der Waals surface area contributed by atoms with Crippen LogP contribution in [0.2, 0.25) is 0 Å². The molecule has 3 aromatic rings. The van der Waals surface area contributed by atoms with Crippen molar-refractivity contribution in [1.82, 2.24) is 19.5 Å². The zero-order valence-electron chi connectivity index (χ0n) is 22.5. The Balaban J connectivity index is 1.46. The van der Waals surface area contributed by atoms with Crippen molar-refractivity contribution in [3.05, 3.63) is 71.6 Å². The summed E-state index contributed by atoms with van der Waals surface area (Å²) >= 11 is 0. The molecule has 2 aromatic heterocycles. The number of aromatic nitrogens is 4. The monoisotopic (exact) mass is 536 g/mol. The highest BCUT2D eigenvalue weighted by molar-refractivity contribution is 5.75. The summed E-state index contributed by atoms with van der Waals surface area (Å²) in [4.78, 5) is 19.8. The molecule has 0 atom stereocenters. The van der Waals surface area contributed by atoms with Crippen molar-refractivity contribution in [3.63, 3.8) is 0 Å². The number of anilines is 1. The van der Waals surface area contributed by atoms with Crippen molar-refractivity contribution in [2.24, 2.45) is 18.0 Å². The van der Waals surface area contributed by atoms with Crippen LogP contribution in [0, 0.1) is 5.92 Å². The lowest BCUT2D eigenvalue weighted by atomic mass is 10.0. The zero-order valence-corrected chi connectivity index (χ0v) is 22.5. The fourth-order valence-corrected chi connectivity index (χ4v) is 4.88. The first-order valence-corrected chi connectivity index (χ1v) is 12.9. The second kappa shape index (κ2) is 9.98. The highest BCUT2D eigenvalue weighted by atomic mass is 19.4. The number of hydrogen-bond acceptors (Lipinski definition) is 6. The number of nitrogens with zero attached hydrogens (tertiary/aromatic N) is 6. The van der Waals surface area contributed by atoms with Gasteiger partial charge in [-0.3, -0.25) is 4.99 Å². The van der Waals surface area contributed by atoms with E-state index < -0.39 is 11.9 Å². The molecule has 204 valence electrons. The number of imidazole rings is 1. The summed E-state index contributed by atoms with van der Waals surface area (Å²) in [6, 6.07) is 7.43. The average Bonchev–Trinajstić information content (AvgIpc) is 3.50. The van der Waals surface area contributed by atoms with Crippen LogP contribution in [0.4, 0.5) is 19.0 Å². The molecule has 0 amide bonds. The Morgan fingerprint density at radius 3 is 2.49 bits per heavy atom.